The lowest BCUT2D eigenvalue weighted by atomic mass is 9.67. The summed E-state index contributed by atoms with van der Waals surface area (Å²) in [5.41, 5.74) is 10.7. The van der Waals surface area contributed by atoms with Crippen LogP contribution in [0.3, 0.4) is 0 Å². The van der Waals surface area contributed by atoms with Gasteiger partial charge in [-0.15, -0.1) is 0 Å². The van der Waals surface area contributed by atoms with E-state index < -0.39 is 24.0 Å². The second-order valence-electron chi connectivity index (χ2n) is 6.54. The summed E-state index contributed by atoms with van der Waals surface area (Å²) in [5, 5.41) is 6.07. The number of hydrogen-bond donors (Lipinski definition) is 1. The smallest absolute Gasteiger partial charge is 0.313 e. The molecule has 0 bridgehead atoms. The topological polar surface area (TPSA) is 126 Å². The van der Waals surface area contributed by atoms with E-state index in [0.29, 0.717) is 11.5 Å². The van der Waals surface area contributed by atoms with Gasteiger partial charge in [0.2, 0.25) is 12.2 Å². The fourth-order valence-electron chi connectivity index (χ4n) is 3.76. The number of azide groups is 1. The Morgan fingerprint density at radius 2 is 2.07 bits per heavy atom. The molecule has 4 atom stereocenters. The molecule has 28 heavy (non-hydrogen) atoms. The van der Waals surface area contributed by atoms with Gasteiger partial charge in [0.25, 0.3) is 0 Å². The molecule has 0 saturated heterocycles. The zero-order chi connectivity index (χ0) is 20.3. The number of esters is 1. The molecule has 4 unspecified atom stereocenters. The number of ether oxygens (including phenoxy) is 2. The fourth-order valence-corrected chi connectivity index (χ4v) is 3.76. The van der Waals surface area contributed by atoms with Crippen LogP contribution in [-0.2, 0) is 14.3 Å². The lowest BCUT2D eigenvalue weighted by Crippen LogP contribution is -2.51. The number of allylic oxidation sites excluding steroid dienone is 1. The van der Waals surface area contributed by atoms with Gasteiger partial charge in [0.05, 0.1) is 31.3 Å². The molecule has 1 amide bonds. The van der Waals surface area contributed by atoms with Gasteiger partial charge >= 0.3 is 5.97 Å². The van der Waals surface area contributed by atoms with E-state index in [9.17, 15) is 9.59 Å². The van der Waals surface area contributed by atoms with E-state index in [1.165, 1.54) is 0 Å². The third-order valence-corrected chi connectivity index (χ3v) is 4.93. The number of nitrogens with one attached hydrogen (secondary N) is 1. The van der Waals surface area contributed by atoms with Crippen LogP contribution in [0.5, 0.6) is 5.75 Å². The maximum atomic E-state index is 12.9. The Morgan fingerprint density at radius 1 is 1.36 bits per heavy atom. The standard InChI is InChI=1S/C19H21N5O4/c1-4-28-18(26)14-10(2)9-13-16(17(25)22-19(21-13)23-24-20)15(14)11-5-7-12(27-3)8-6-11/h5-9,14-16,19H,4H2,1-3H3,(H,22,25). The Balaban J connectivity index is 2.13. The molecule has 1 aromatic carbocycles. The van der Waals surface area contributed by atoms with Crippen molar-refractivity contribution in [3.8, 4) is 5.75 Å². The highest BCUT2D eigenvalue weighted by Gasteiger charge is 2.47. The van der Waals surface area contributed by atoms with E-state index >= 15 is 0 Å². The first-order valence-electron chi connectivity index (χ1n) is 8.91. The summed E-state index contributed by atoms with van der Waals surface area (Å²) in [4.78, 5) is 32.7. The van der Waals surface area contributed by atoms with Gasteiger partial charge < -0.3 is 14.8 Å². The Morgan fingerprint density at radius 3 is 2.68 bits per heavy atom. The summed E-state index contributed by atoms with van der Waals surface area (Å²) in [5.74, 6) is -1.89. The molecular formula is C19H21N5O4. The second kappa shape index (κ2) is 8.14. The van der Waals surface area contributed by atoms with Crippen molar-refractivity contribution in [1.82, 2.24) is 5.32 Å². The van der Waals surface area contributed by atoms with Crippen LogP contribution in [-0.4, -0.2) is 37.6 Å². The van der Waals surface area contributed by atoms with Crippen LogP contribution in [0.25, 0.3) is 10.4 Å². The first-order valence-corrected chi connectivity index (χ1v) is 8.91. The average Bonchev–Trinajstić information content (AvgIpc) is 2.67. The van der Waals surface area contributed by atoms with Gasteiger partial charge in [-0.3, -0.25) is 14.6 Å². The zero-order valence-corrected chi connectivity index (χ0v) is 15.8. The van der Waals surface area contributed by atoms with E-state index in [4.69, 9.17) is 15.0 Å². The molecule has 1 aliphatic carbocycles. The van der Waals surface area contributed by atoms with Crippen LogP contribution in [0.1, 0.15) is 25.3 Å². The lowest BCUT2D eigenvalue weighted by molar-refractivity contribution is -0.148. The predicted octanol–water partition coefficient (Wildman–Crippen LogP) is 2.70. The molecule has 1 aliphatic heterocycles. The van der Waals surface area contributed by atoms with Gasteiger partial charge in [0.1, 0.15) is 5.75 Å². The first-order chi connectivity index (χ1) is 13.5. The molecule has 0 radical (unpaired) electrons. The van der Waals surface area contributed by atoms with Gasteiger partial charge in [-0.1, -0.05) is 17.7 Å². The second-order valence-corrected chi connectivity index (χ2v) is 6.54. The summed E-state index contributed by atoms with van der Waals surface area (Å²) in [6.07, 6.45) is 0.716. The highest BCUT2D eigenvalue weighted by atomic mass is 16.5. The van der Waals surface area contributed by atoms with Crippen molar-refractivity contribution in [2.75, 3.05) is 13.7 Å². The molecule has 0 spiro atoms. The number of amides is 1. The van der Waals surface area contributed by atoms with Crippen molar-refractivity contribution in [3.63, 3.8) is 0 Å². The van der Waals surface area contributed by atoms with E-state index in [1.54, 1.807) is 32.2 Å². The Bertz CT molecular complexity index is 886. The van der Waals surface area contributed by atoms with Crippen molar-refractivity contribution < 1.29 is 19.1 Å². The predicted molar refractivity (Wildman–Crippen MR) is 102 cm³/mol. The van der Waals surface area contributed by atoms with E-state index in [0.717, 1.165) is 11.1 Å². The summed E-state index contributed by atoms with van der Waals surface area (Å²) in [6.45, 7) is 3.80. The molecule has 0 fully saturated rings. The van der Waals surface area contributed by atoms with E-state index in [-0.39, 0.29) is 18.5 Å². The normalized spacial score (nSPS) is 26.0. The Labute approximate surface area is 162 Å². The number of hydrogen-bond acceptors (Lipinski definition) is 6. The summed E-state index contributed by atoms with van der Waals surface area (Å²) in [7, 11) is 1.57. The number of carbonyl (C=O) groups is 2. The number of nitrogens with zero attached hydrogens (tertiary/aromatic N) is 4. The van der Waals surface area contributed by atoms with Gasteiger partial charge in [0, 0.05) is 10.8 Å². The number of carbonyl (C=O) groups excluding carboxylic acids is 2. The Kier molecular flexibility index (Phi) is 5.65. The van der Waals surface area contributed by atoms with Crippen LogP contribution in [0.2, 0.25) is 0 Å². The number of fused-ring (bicyclic) bond motifs is 1. The highest BCUT2D eigenvalue weighted by Crippen LogP contribution is 2.43. The molecule has 0 saturated carbocycles. The number of methoxy groups -OCH3 is 1. The summed E-state index contributed by atoms with van der Waals surface area (Å²) >= 11 is 0. The molecule has 2 aliphatic rings. The first kappa shape index (κ1) is 19.4. The third kappa shape index (κ3) is 3.57. The molecule has 146 valence electrons. The molecule has 1 aromatic rings. The van der Waals surface area contributed by atoms with Crippen molar-refractivity contribution in [1.29, 1.82) is 0 Å². The van der Waals surface area contributed by atoms with Crippen molar-refractivity contribution >= 4 is 17.6 Å². The third-order valence-electron chi connectivity index (χ3n) is 4.93. The molecule has 1 heterocycles. The monoisotopic (exact) mass is 383 g/mol. The molecule has 9 nitrogen and oxygen atoms in total. The van der Waals surface area contributed by atoms with Gasteiger partial charge in [0.15, 0.2) is 0 Å². The number of rotatable bonds is 5. The molecule has 1 N–H and O–H groups in total. The molecular weight excluding hydrogens is 362 g/mol. The minimum absolute atomic E-state index is 0.245. The van der Waals surface area contributed by atoms with Crippen LogP contribution in [0, 0.1) is 11.8 Å². The zero-order valence-electron chi connectivity index (χ0n) is 15.8. The molecule has 3 rings (SSSR count). The van der Waals surface area contributed by atoms with Crippen LogP contribution < -0.4 is 10.1 Å². The lowest BCUT2D eigenvalue weighted by Gasteiger charge is -2.39. The maximum Gasteiger partial charge on any atom is 0.313 e. The quantitative estimate of drug-likeness (QED) is 0.363. The van der Waals surface area contributed by atoms with Gasteiger partial charge in [-0.25, -0.2) is 0 Å². The van der Waals surface area contributed by atoms with Gasteiger partial charge in [-0.05, 0) is 48.3 Å². The fraction of sp³-hybridized carbons (Fsp3) is 0.421. The Hall–Kier alpha value is -3.32. The van der Waals surface area contributed by atoms with Crippen LogP contribution in [0.4, 0.5) is 0 Å². The van der Waals surface area contributed by atoms with Gasteiger partial charge in [-0.2, -0.15) is 0 Å². The minimum atomic E-state index is -0.997. The SMILES string of the molecule is CCOC(=O)C1C(C)=CC2=NC(N=[N+]=[N-])NC(=O)C2C1c1ccc(OC)cc1. The average molecular weight is 383 g/mol. The van der Waals surface area contributed by atoms with Crippen molar-refractivity contribution in [2.24, 2.45) is 21.9 Å². The van der Waals surface area contributed by atoms with Crippen molar-refractivity contribution in [2.45, 2.75) is 26.1 Å². The van der Waals surface area contributed by atoms with E-state index in [1.807, 2.05) is 19.1 Å². The highest BCUT2D eigenvalue weighted by molar-refractivity contribution is 6.14. The van der Waals surface area contributed by atoms with E-state index in [2.05, 4.69) is 20.3 Å². The molecule has 0 aromatic heterocycles. The number of benzene rings is 1. The summed E-state index contributed by atoms with van der Waals surface area (Å²) in [6, 6.07) is 7.23. The minimum Gasteiger partial charge on any atom is -0.497 e. The van der Waals surface area contributed by atoms with Crippen LogP contribution >= 0.6 is 0 Å². The molecule has 9 heteroatoms. The summed E-state index contributed by atoms with van der Waals surface area (Å²) < 4.78 is 10.5. The van der Waals surface area contributed by atoms with Crippen LogP contribution in [0.15, 0.2) is 46.0 Å². The number of aliphatic imine (C=N–C) groups is 1. The van der Waals surface area contributed by atoms with Crippen molar-refractivity contribution in [3.05, 3.63) is 51.9 Å². The maximum absolute atomic E-state index is 12.9. The largest absolute Gasteiger partial charge is 0.497 e.